The van der Waals surface area contributed by atoms with Gasteiger partial charge in [-0.15, -0.1) is 0 Å². The summed E-state index contributed by atoms with van der Waals surface area (Å²) in [6.07, 6.45) is 6.28. The normalized spacial score (nSPS) is 21.1. The summed E-state index contributed by atoms with van der Waals surface area (Å²) in [4.78, 5) is 2.33. The van der Waals surface area contributed by atoms with Crippen molar-refractivity contribution in [2.24, 2.45) is 0 Å². The zero-order valence-electron chi connectivity index (χ0n) is 15.6. The predicted molar refractivity (Wildman–Crippen MR) is 100 cm³/mol. The number of hydrogen-bond donors (Lipinski definition) is 0. The zero-order valence-corrected chi connectivity index (χ0v) is 15.6. The maximum absolute atomic E-state index is 2.65. The van der Waals surface area contributed by atoms with Gasteiger partial charge in [-0.3, -0.25) is 0 Å². The Bertz CT molecular complexity index is 695. The summed E-state index contributed by atoms with van der Waals surface area (Å²) in [5, 5.41) is 1.52. The number of nitrogens with zero attached hydrogens (tertiary/aromatic N) is 2. The number of hydrogen-bond acceptors (Lipinski definition) is 1. The van der Waals surface area contributed by atoms with E-state index in [9.17, 15) is 0 Å². The first-order valence-electron chi connectivity index (χ1n) is 9.30. The average Bonchev–Trinajstić information content (AvgIpc) is 2.89. The van der Waals surface area contributed by atoms with Crippen molar-refractivity contribution in [3.05, 3.63) is 35.0 Å². The third-order valence-electron chi connectivity index (χ3n) is 5.81. The molecule has 23 heavy (non-hydrogen) atoms. The molecule has 1 heterocycles. The standard InChI is InChI=1S/C21H32N2/c1-6-16-10-8-11-17-18-12-9-13-21(3,14-15-22(4)5)20(18)23(7-2)19(16)17/h8,10-11H,6-7,9,12-15H2,1-5H3. The maximum Gasteiger partial charge on any atom is 0.0517 e. The van der Waals surface area contributed by atoms with Crippen LogP contribution < -0.4 is 0 Å². The Kier molecular flexibility index (Phi) is 4.55. The molecule has 1 aromatic carbocycles. The van der Waals surface area contributed by atoms with Gasteiger partial charge in [-0.05, 0) is 70.8 Å². The highest BCUT2D eigenvalue weighted by atomic mass is 15.1. The zero-order chi connectivity index (χ0) is 16.6. The third-order valence-corrected chi connectivity index (χ3v) is 5.81. The van der Waals surface area contributed by atoms with E-state index in [1.54, 1.807) is 11.3 Å². The van der Waals surface area contributed by atoms with Crippen LogP contribution in [-0.2, 0) is 24.8 Å². The SMILES string of the molecule is CCc1cccc2c3c(n(CC)c12)C(C)(CCN(C)C)CCC3. The first-order valence-corrected chi connectivity index (χ1v) is 9.30. The molecule has 2 aromatic rings. The van der Waals surface area contributed by atoms with Crippen LogP contribution in [0, 0.1) is 0 Å². The molecule has 126 valence electrons. The van der Waals surface area contributed by atoms with E-state index in [4.69, 9.17) is 0 Å². The number of rotatable bonds is 5. The summed E-state index contributed by atoms with van der Waals surface area (Å²) in [5.41, 5.74) is 6.63. The van der Waals surface area contributed by atoms with Crippen LogP contribution >= 0.6 is 0 Å². The monoisotopic (exact) mass is 312 g/mol. The fourth-order valence-corrected chi connectivity index (χ4v) is 4.59. The van der Waals surface area contributed by atoms with E-state index in [2.05, 4.69) is 62.5 Å². The van der Waals surface area contributed by atoms with Gasteiger partial charge < -0.3 is 9.47 Å². The number of aromatic nitrogens is 1. The smallest absolute Gasteiger partial charge is 0.0517 e. The highest BCUT2D eigenvalue weighted by Crippen LogP contribution is 2.45. The largest absolute Gasteiger partial charge is 0.344 e. The average molecular weight is 313 g/mol. The lowest BCUT2D eigenvalue weighted by Gasteiger charge is -2.37. The minimum absolute atomic E-state index is 0.317. The van der Waals surface area contributed by atoms with E-state index in [0.29, 0.717) is 5.41 Å². The van der Waals surface area contributed by atoms with Gasteiger partial charge in [0.05, 0.1) is 5.52 Å². The van der Waals surface area contributed by atoms with Crippen LogP contribution in [0.1, 0.15) is 56.9 Å². The van der Waals surface area contributed by atoms with Crippen LogP contribution in [0.4, 0.5) is 0 Å². The van der Waals surface area contributed by atoms with Crippen molar-refractivity contribution in [2.45, 2.75) is 64.8 Å². The van der Waals surface area contributed by atoms with Crippen molar-refractivity contribution < 1.29 is 0 Å². The molecule has 0 amide bonds. The molecular formula is C21H32N2. The molecule has 0 saturated heterocycles. The molecule has 0 bridgehead atoms. The molecule has 2 nitrogen and oxygen atoms in total. The van der Waals surface area contributed by atoms with Crippen LogP contribution in [0.15, 0.2) is 18.2 Å². The summed E-state index contributed by atoms with van der Waals surface area (Å²) in [6, 6.07) is 6.93. The van der Waals surface area contributed by atoms with Crippen LogP contribution in [0.25, 0.3) is 10.9 Å². The first kappa shape index (κ1) is 16.6. The van der Waals surface area contributed by atoms with Gasteiger partial charge >= 0.3 is 0 Å². The summed E-state index contributed by atoms with van der Waals surface area (Å²) < 4.78 is 2.65. The lowest BCUT2D eigenvalue weighted by Crippen LogP contribution is -2.33. The van der Waals surface area contributed by atoms with E-state index in [1.807, 2.05) is 0 Å². The third kappa shape index (κ3) is 2.71. The van der Waals surface area contributed by atoms with Gasteiger partial charge in [0, 0.05) is 23.0 Å². The van der Waals surface area contributed by atoms with E-state index < -0.39 is 0 Å². The number of para-hydroxylation sites is 1. The van der Waals surface area contributed by atoms with Crippen molar-refractivity contribution in [3.8, 4) is 0 Å². The topological polar surface area (TPSA) is 8.17 Å². The summed E-state index contributed by atoms with van der Waals surface area (Å²) in [7, 11) is 4.38. The van der Waals surface area contributed by atoms with Gasteiger partial charge in [-0.25, -0.2) is 0 Å². The van der Waals surface area contributed by atoms with Gasteiger partial charge in [0.15, 0.2) is 0 Å². The molecule has 0 radical (unpaired) electrons. The van der Waals surface area contributed by atoms with Gasteiger partial charge in [0.25, 0.3) is 0 Å². The lowest BCUT2D eigenvalue weighted by molar-refractivity contribution is 0.289. The highest BCUT2D eigenvalue weighted by molar-refractivity contribution is 5.89. The molecule has 0 spiro atoms. The molecule has 1 aliphatic carbocycles. The van der Waals surface area contributed by atoms with E-state index >= 15 is 0 Å². The van der Waals surface area contributed by atoms with E-state index in [0.717, 1.165) is 13.0 Å². The van der Waals surface area contributed by atoms with Crippen LogP contribution in [0.3, 0.4) is 0 Å². The van der Waals surface area contributed by atoms with Gasteiger partial charge in [-0.1, -0.05) is 32.0 Å². The van der Waals surface area contributed by atoms with Crippen molar-refractivity contribution in [3.63, 3.8) is 0 Å². The van der Waals surface area contributed by atoms with Crippen LogP contribution in [-0.4, -0.2) is 30.1 Å². The van der Waals surface area contributed by atoms with E-state index in [1.165, 1.54) is 48.7 Å². The minimum Gasteiger partial charge on any atom is -0.344 e. The summed E-state index contributed by atoms with van der Waals surface area (Å²) >= 11 is 0. The Morgan fingerprint density at radius 2 is 2.00 bits per heavy atom. The molecule has 0 fully saturated rings. The van der Waals surface area contributed by atoms with Crippen LogP contribution in [0.5, 0.6) is 0 Å². The van der Waals surface area contributed by atoms with Gasteiger partial charge in [0.2, 0.25) is 0 Å². The Morgan fingerprint density at radius 3 is 2.65 bits per heavy atom. The molecule has 1 aromatic heterocycles. The molecule has 0 saturated carbocycles. The first-order chi connectivity index (χ1) is 11.0. The number of fused-ring (bicyclic) bond motifs is 3. The fourth-order valence-electron chi connectivity index (χ4n) is 4.59. The Morgan fingerprint density at radius 1 is 1.22 bits per heavy atom. The quantitative estimate of drug-likeness (QED) is 0.772. The second-order valence-electron chi connectivity index (χ2n) is 7.71. The molecule has 2 heteroatoms. The maximum atomic E-state index is 2.65. The highest BCUT2D eigenvalue weighted by Gasteiger charge is 2.36. The van der Waals surface area contributed by atoms with Crippen molar-refractivity contribution in [1.82, 2.24) is 9.47 Å². The lowest BCUT2D eigenvalue weighted by atomic mass is 9.72. The second-order valence-corrected chi connectivity index (χ2v) is 7.71. The Balaban J connectivity index is 2.22. The Hall–Kier alpha value is -1.28. The number of benzene rings is 1. The molecule has 3 rings (SSSR count). The molecule has 0 N–H and O–H groups in total. The predicted octanol–water partition coefficient (Wildman–Crippen LogP) is 4.77. The molecule has 1 atom stereocenters. The van der Waals surface area contributed by atoms with Crippen LogP contribution in [0.2, 0.25) is 0 Å². The second kappa shape index (κ2) is 6.32. The molecule has 0 aliphatic heterocycles. The number of aryl methyl sites for hydroxylation is 3. The fraction of sp³-hybridized carbons (Fsp3) is 0.619. The Labute approximate surface area is 141 Å². The molecule has 1 unspecified atom stereocenters. The van der Waals surface area contributed by atoms with Gasteiger partial charge in [0.1, 0.15) is 0 Å². The van der Waals surface area contributed by atoms with Crippen molar-refractivity contribution >= 4 is 10.9 Å². The molecule has 1 aliphatic rings. The summed E-state index contributed by atoms with van der Waals surface area (Å²) in [6.45, 7) is 9.35. The van der Waals surface area contributed by atoms with Gasteiger partial charge in [-0.2, -0.15) is 0 Å². The minimum atomic E-state index is 0.317. The summed E-state index contributed by atoms with van der Waals surface area (Å²) in [5.74, 6) is 0. The van der Waals surface area contributed by atoms with Crippen molar-refractivity contribution in [2.75, 3.05) is 20.6 Å². The van der Waals surface area contributed by atoms with E-state index in [-0.39, 0.29) is 0 Å². The molecular weight excluding hydrogens is 280 g/mol. The van der Waals surface area contributed by atoms with Crippen molar-refractivity contribution in [1.29, 1.82) is 0 Å².